The molecule has 1 heterocycles. The van der Waals surface area contributed by atoms with Gasteiger partial charge in [-0.15, -0.1) is 0 Å². The summed E-state index contributed by atoms with van der Waals surface area (Å²) >= 11 is 6.06. The molecule has 1 unspecified atom stereocenters. The Bertz CT molecular complexity index is 1130. The summed E-state index contributed by atoms with van der Waals surface area (Å²) in [6, 6.07) is 28.3. The maximum atomic E-state index is 6.06. The Morgan fingerprint density at radius 1 is 0.839 bits per heavy atom. The minimum Gasteiger partial charge on any atom is -0.340 e. The lowest BCUT2D eigenvalue weighted by Gasteiger charge is -2.19. The fourth-order valence-electron chi connectivity index (χ4n) is 3.41. The monoisotopic (exact) mass is 428 g/mol. The van der Waals surface area contributed by atoms with Gasteiger partial charge in [0.2, 0.25) is 0 Å². The number of benzene rings is 3. The molecular weight excluding hydrogens is 404 g/mol. The summed E-state index contributed by atoms with van der Waals surface area (Å²) in [5.41, 5.74) is 5.14. The summed E-state index contributed by atoms with van der Waals surface area (Å²) < 4.78 is 0. The van der Waals surface area contributed by atoms with Crippen molar-refractivity contribution < 1.29 is 0 Å². The molecular formula is C26H25ClN4. The molecule has 0 aliphatic rings. The number of hydrogen-bond donors (Lipinski definition) is 2. The van der Waals surface area contributed by atoms with Crippen LogP contribution in [0.4, 0.5) is 11.5 Å². The van der Waals surface area contributed by atoms with Gasteiger partial charge in [-0.1, -0.05) is 72.3 Å². The summed E-state index contributed by atoms with van der Waals surface area (Å²) in [7, 11) is 0. The lowest BCUT2D eigenvalue weighted by Crippen LogP contribution is -2.20. The van der Waals surface area contributed by atoms with E-state index in [-0.39, 0.29) is 6.04 Å². The summed E-state index contributed by atoms with van der Waals surface area (Å²) in [6.45, 7) is 4.84. The second-order valence-corrected chi connectivity index (χ2v) is 7.91. The number of anilines is 2. The molecule has 1 atom stereocenters. The standard InChI is InChI=1S/C26H25ClN4/c1-18(20-9-5-3-6-10-20)28-17-24-19(2)29-25(21-11-7-4-8-12-21)31-26(24)30-23-15-13-22(27)14-16-23/h3-16,18,28H,17H2,1-2H3,(H,29,30,31). The Labute approximate surface area is 188 Å². The third-order valence-corrected chi connectivity index (χ3v) is 5.49. The minimum absolute atomic E-state index is 0.206. The SMILES string of the molecule is Cc1nc(-c2ccccc2)nc(Nc2ccc(Cl)cc2)c1CNC(C)c1ccccc1. The summed E-state index contributed by atoms with van der Waals surface area (Å²) in [4.78, 5) is 9.68. The second-order valence-electron chi connectivity index (χ2n) is 7.47. The molecule has 4 nitrogen and oxygen atoms in total. The van der Waals surface area contributed by atoms with Gasteiger partial charge in [-0.05, 0) is 43.7 Å². The lowest BCUT2D eigenvalue weighted by molar-refractivity contribution is 0.572. The van der Waals surface area contributed by atoms with Crippen molar-refractivity contribution in [2.45, 2.75) is 26.4 Å². The average Bonchev–Trinajstić information content (AvgIpc) is 2.81. The Kier molecular flexibility index (Phi) is 6.60. The fraction of sp³-hybridized carbons (Fsp3) is 0.154. The highest BCUT2D eigenvalue weighted by atomic mass is 35.5. The minimum atomic E-state index is 0.206. The number of halogens is 1. The maximum Gasteiger partial charge on any atom is 0.161 e. The molecule has 2 N–H and O–H groups in total. The van der Waals surface area contributed by atoms with Gasteiger partial charge in [-0.25, -0.2) is 9.97 Å². The topological polar surface area (TPSA) is 49.8 Å². The molecule has 156 valence electrons. The zero-order valence-corrected chi connectivity index (χ0v) is 18.4. The van der Waals surface area contributed by atoms with E-state index < -0.39 is 0 Å². The molecule has 0 bridgehead atoms. The van der Waals surface area contributed by atoms with Crippen LogP contribution in [0.1, 0.15) is 29.8 Å². The van der Waals surface area contributed by atoms with Crippen LogP contribution in [-0.2, 0) is 6.54 Å². The van der Waals surface area contributed by atoms with Crippen LogP contribution in [0, 0.1) is 6.92 Å². The van der Waals surface area contributed by atoms with E-state index in [9.17, 15) is 0 Å². The smallest absolute Gasteiger partial charge is 0.161 e. The number of nitrogens with zero attached hydrogens (tertiary/aromatic N) is 2. The molecule has 4 aromatic rings. The number of hydrogen-bond acceptors (Lipinski definition) is 4. The highest BCUT2D eigenvalue weighted by molar-refractivity contribution is 6.30. The molecule has 5 heteroatoms. The van der Waals surface area contributed by atoms with Gasteiger partial charge in [-0.3, -0.25) is 0 Å². The van der Waals surface area contributed by atoms with E-state index in [1.165, 1.54) is 5.56 Å². The first-order chi connectivity index (χ1) is 15.1. The Morgan fingerprint density at radius 2 is 1.48 bits per heavy atom. The molecule has 0 saturated carbocycles. The van der Waals surface area contributed by atoms with Gasteiger partial charge in [0.25, 0.3) is 0 Å². The zero-order chi connectivity index (χ0) is 21.6. The van der Waals surface area contributed by atoms with Gasteiger partial charge >= 0.3 is 0 Å². The van der Waals surface area contributed by atoms with Crippen molar-refractivity contribution in [3.8, 4) is 11.4 Å². The van der Waals surface area contributed by atoms with Gasteiger partial charge < -0.3 is 10.6 Å². The molecule has 3 aromatic carbocycles. The number of nitrogens with one attached hydrogen (secondary N) is 2. The predicted octanol–water partition coefficient (Wildman–Crippen LogP) is 6.70. The van der Waals surface area contributed by atoms with E-state index in [0.29, 0.717) is 17.4 Å². The molecule has 31 heavy (non-hydrogen) atoms. The molecule has 0 amide bonds. The van der Waals surface area contributed by atoms with Crippen LogP contribution in [-0.4, -0.2) is 9.97 Å². The largest absolute Gasteiger partial charge is 0.340 e. The Hall–Kier alpha value is -3.21. The van der Waals surface area contributed by atoms with E-state index >= 15 is 0 Å². The number of aromatic nitrogens is 2. The van der Waals surface area contributed by atoms with Crippen molar-refractivity contribution in [1.29, 1.82) is 0 Å². The first-order valence-electron chi connectivity index (χ1n) is 10.3. The summed E-state index contributed by atoms with van der Waals surface area (Å²) in [5, 5.41) is 7.78. The van der Waals surface area contributed by atoms with Crippen LogP contribution >= 0.6 is 11.6 Å². The maximum absolute atomic E-state index is 6.06. The summed E-state index contributed by atoms with van der Waals surface area (Å²) in [5.74, 6) is 1.50. The van der Waals surface area contributed by atoms with Crippen LogP contribution < -0.4 is 10.6 Å². The van der Waals surface area contributed by atoms with Crippen molar-refractivity contribution in [3.63, 3.8) is 0 Å². The van der Waals surface area contributed by atoms with E-state index in [0.717, 1.165) is 28.3 Å². The molecule has 1 aromatic heterocycles. The van der Waals surface area contributed by atoms with Crippen molar-refractivity contribution >= 4 is 23.1 Å². The first-order valence-corrected chi connectivity index (χ1v) is 10.7. The van der Waals surface area contributed by atoms with E-state index in [2.05, 4.69) is 41.8 Å². The third kappa shape index (κ3) is 5.29. The highest BCUT2D eigenvalue weighted by Gasteiger charge is 2.15. The lowest BCUT2D eigenvalue weighted by atomic mass is 10.1. The van der Waals surface area contributed by atoms with Crippen LogP contribution in [0.2, 0.25) is 5.02 Å². The average molecular weight is 429 g/mol. The van der Waals surface area contributed by atoms with Crippen LogP contribution in [0.15, 0.2) is 84.9 Å². The van der Waals surface area contributed by atoms with Crippen LogP contribution in [0.5, 0.6) is 0 Å². The van der Waals surface area contributed by atoms with E-state index in [1.807, 2.05) is 67.6 Å². The highest BCUT2D eigenvalue weighted by Crippen LogP contribution is 2.26. The van der Waals surface area contributed by atoms with Crippen molar-refractivity contribution in [2.24, 2.45) is 0 Å². The summed E-state index contributed by atoms with van der Waals surface area (Å²) in [6.07, 6.45) is 0. The molecule has 0 aliphatic carbocycles. The molecule has 0 aliphatic heterocycles. The number of aryl methyl sites for hydroxylation is 1. The van der Waals surface area contributed by atoms with Gasteiger partial charge in [0.05, 0.1) is 0 Å². The first kappa shape index (κ1) is 21.0. The zero-order valence-electron chi connectivity index (χ0n) is 17.6. The van der Waals surface area contributed by atoms with Gasteiger partial charge in [0.15, 0.2) is 5.82 Å². The van der Waals surface area contributed by atoms with Gasteiger partial charge in [-0.2, -0.15) is 0 Å². The van der Waals surface area contributed by atoms with Crippen molar-refractivity contribution in [3.05, 3.63) is 107 Å². The molecule has 0 spiro atoms. The van der Waals surface area contributed by atoms with Gasteiger partial charge in [0.1, 0.15) is 5.82 Å². The predicted molar refractivity (Wildman–Crippen MR) is 129 cm³/mol. The Balaban J connectivity index is 1.66. The molecule has 0 saturated heterocycles. The van der Waals surface area contributed by atoms with Crippen molar-refractivity contribution in [1.82, 2.24) is 15.3 Å². The van der Waals surface area contributed by atoms with Crippen LogP contribution in [0.25, 0.3) is 11.4 Å². The van der Waals surface area contributed by atoms with E-state index in [1.54, 1.807) is 0 Å². The fourth-order valence-corrected chi connectivity index (χ4v) is 3.54. The number of rotatable bonds is 7. The third-order valence-electron chi connectivity index (χ3n) is 5.24. The normalized spacial score (nSPS) is 11.8. The molecule has 4 rings (SSSR count). The van der Waals surface area contributed by atoms with Crippen molar-refractivity contribution in [2.75, 3.05) is 5.32 Å². The van der Waals surface area contributed by atoms with E-state index in [4.69, 9.17) is 21.6 Å². The van der Waals surface area contributed by atoms with Crippen LogP contribution in [0.3, 0.4) is 0 Å². The Morgan fingerprint density at radius 3 is 2.16 bits per heavy atom. The molecule has 0 fully saturated rings. The molecule has 0 radical (unpaired) electrons. The van der Waals surface area contributed by atoms with Gasteiger partial charge in [0, 0.05) is 40.1 Å². The quantitative estimate of drug-likeness (QED) is 0.344. The second kappa shape index (κ2) is 9.73.